The van der Waals surface area contributed by atoms with Crippen LogP contribution in [0.3, 0.4) is 0 Å². The Labute approximate surface area is 175 Å². The van der Waals surface area contributed by atoms with Gasteiger partial charge in [-0.25, -0.2) is 4.79 Å². The van der Waals surface area contributed by atoms with Crippen molar-refractivity contribution in [1.29, 1.82) is 0 Å². The van der Waals surface area contributed by atoms with E-state index in [-0.39, 0.29) is 12.1 Å². The van der Waals surface area contributed by atoms with E-state index >= 15 is 0 Å². The number of benzene rings is 1. The van der Waals surface area contributed by atoms with E-state index in [0.717, 1.165) is 19.5 Å². The number of rotatable bonds is 1. The van der Waals surface area contributed by atoms with Gasteiger partial charge < -0.3 is 14.7 Å². The highest BCUT2D eigenvalue weighted by Crippen LogP contribution is 2.45. The van der Waals surface area contributed by atoms with Crippen molar-refractivity contribution in [3.05, 3.63) is 35.4 Å². The molecule has 0 saturated carbocycles. The SMILES string of the molecule is CC(C)(C)OC(=O)N1CC[C@@H](N2CCC3(CCCc4ccccc43)CC2)[C@H](O)C1. The van der Waals surface area contributed by atoms with E-state index in [9.17, 15) is 9.90 Å². The molecule has 160 valence electrons. The molecule has 2 heterocycles. The summed E-state index contributed by atoms with van der Waals surface area (Å²) in [6.07, 6.45) is 6.11. The number of aliphatic hydroxyl groups is 1. The van der Waals surface area contributed by atoms with Crippen LogP contribution in [0.1, 0.15) is 64.0 Å². The maximum absolute atomic E-state index is 12.3. The highest BCUT2D eigenvalue weighted by Gasteiger charge is 2.42. The van der Waals surface area contributed by atoms with E-state index in [1.807, 2.05) is 20.8 Å². The van der Waals surface area contributed by atoms with Crippen molar-refractivity contribution in [2.24, 2.45) is 0 Å². The van der Waals surface area contributed by atoms with Crippen LogP contribution in [-0.4, -0.2) is 64.9 Å². The van der Waals surface area contributed by atoms with Crippen molar-refractivity contribution in [3.8, 4) is 0 Å². The number of ether oxygens (including phenoxy) is 1. The normalized spacial score (nSPS) is 27.5. The average Bonchev–Trinajstić information content (AvgIpc) is 2.68. The van der Waals surface area contributed by atoms with Crippen LogP contribution < -0.4 is 0 Å². The monoisotopic (exact) mass is 400 g/mol. The highest BCUT2D eigenvalue weighted by atomic mass is 16.6. The molecule has 3 aliphatic rings. The number of piperidine rings is 2. The molecule has 0 unspecified atom stereocenters. The zero-order chi connectivity index (χ0) is 20.6. The highest BCUT2D eigenvalue weighted by molar-refractivity contribution is 5.68. The zero-order valence-corrected chi connectivity index (χ0v) is 18.2. The fraction of sp³-hybridized carbons (Fsp3) is 0.708. The topological polar surface area (TPSA) is 53.0 Å². The standard InChI is InChI=1S/C24H36N2O3/c1-23(2,3)29-22(28)26-14-10-20(21(27)17-26)25-15-12-24(13-16-25)11-6-8-18-7-4-5-9-19(18)24/h4-5,7,9,20-21,27H,6,8,10-17H2,1-3H3/t20-,21-/m1/s1. The Morgan fingerprint density at radius 3 is 2.55 bits per heavy atom. The number of likely N-dealkylation sites (tertiary alicyclic amines) is 2. The molecular weight excluding hydrogens is 364 g/mol. The molecule has 2 fully saturated rings. The van der Waals surface area contributed by atoms with E-state index in [4.69, 9.17) is 4.74 Å². The molecule has 0 radical (unpaired) electrons. The Balaban J connectivity index is 1.36. The first-order valence-corrected chi connectivity index (χ1v) is 11.3. The van der Waals surface area contributed by atoms with Gasteiger partial charge in [0.2, 0.25) is 0 Å². The second-order valence-electron chi connectivity index (χ2n) is 10.2. The first-order valence-electron chi connectivity index (χ1n) is 11.3. The number of carbonyl (C=O) groups is 1. The van der Waals surface area contributed by atoms with Crippen molar-refractivity contribution in [3.63, 3.8) is 0 Å². The fourth-order valence-electron chi connectivity index (χ4n) is 5.65. The van der Waals surface area contributed by atoms with Crippen molar-refractivity contribution in [2.75, 3.05) is 26.2 Å². The van der Waals surface area contributed by atoms with E-state index < -0.39 is 11.7 Å². The molecule has 1 aliphatic carbocycles. The van der Waals surface area contributed by atoms with Gasteiger partial charge in [0.15, 0.2) is 0 Å². The minimum absolute atomic E-state index is 0.143. The van der Waals surface area contributed by atoms with Crippen molar-refractivity contribution < 1.29 is 14.6 Å². The van der Waals surface area contributed by atoms with Gasteiger partial charge in [-0.15, -0.1) is 0 Å². The number of aryl methyl sites for hydroxylation is 1. The molecule has 1 spiro atoms. The van der Waals surface area contributed by atoms with Crippen LogP contribution in [0.15, 0.2) is 24.3 Å². The number of β-amino-alcohol motifs (C(OH)–C–C–N with tert-alkyl or cyclic N) is 1. The predicted octanol–water partition coefficient (Wildman–Crippen LogP) is 3.73. The van der Waals surface area contributed by atoms with Gasteiger partial charge in [0.1, 0.15) is 5.60 Å². The van der Waals surface area contributed by atoms with E-state index in [1.54, 1.807) is 10.5 Å². The lowest BCUT2D eigenvalue weighted by Crippen LogP contribution is -2.58. The minimum Gasteiger partial charge on any atom is -0.444 e. The van der Waals surface area contributed by atoms with Crippen molar-refractivity contribution in [1.82, 2.24) is 9.80 Å². The number of hydrogen-bond acceptors (Lipinski definition) is 4. The number of hydrogen-bond donors (Lipinski definition) is 1. The number of aliphatic hydroxyl groups excluding tert-OH is 1. The van der Waals surface area contributed by atoms with Crippen LogP contribution in [0.25, 0.3) is 0 Å². The summed E-state index contributed by atoms with van der Waals surface area (Å²) in [7, 11) is 0. The smallest absolute Gasteiger partial charge is 0.410 e. The summed E-state index contributed by atoms with van der Waals surface area (Å²) in [4.78, 5) is 16.5. The largest absolute Gasteiger partial charge is 0.444 e. The molecular formula is C24H36N2O3. The van der Waals surface area contributed by atoms with Gasteiger partial charge in [-0.05, 0) is 88.9 Å². The summed E-state index contributed by atoms with van der Waals surface area (Å²) in [6, 6.07) is 9.15. The average molecular weight is 401 g/mol. The fourth-order valence-corrected chi connectivity index (χ4v) is 5.65. The Bertz CT molecular complexity index is 734. The maximum Gasteiger partial charge on any atom is 0.410 e. The van der Waals surface area contributed by atoms with Crippen LogP contribution >= 0.6 is 0 Å². The van der Waals surface area contributed by atoms with Gasteiger partial charge in [0.25, 0.3) is 0 Å². The predicted molar refractivity (Wildman–Crippen MR) is 114 cm³/mol. The van der Waals surface area contributed by atoms with Crippen molar-refractivity contribution >= 4 is 6.09 Å². The summed E-state index contributed by atoms with van der Waals surface area (Å²) < 4.78 is 5.48. The quantitative estimate of drug-likeness (QED) is 0.781. The molecule has 2 aliphatic heterocycles. The molecule has 5 nitrogen and oxygen atoms in total. The third kappa shape index (κ3) is 4.31. The van der Waals surface area contributed by atoms with Crippen molar-refractivity contribution in [2.45, 2.75) is 82.5 Å². The van der Waals surface area contributed by atoms with Gasteiger partial charge in [-0.3, -0.25) is 4.90 Å². The van der Waals surface area contributed by atoms with E-state index in [2.05, 4.69) is 29.2 Å². The molecule has 0 aromatic heterocycles. The number of carbonyl (C=O) groups excluding carboxylic acids is 1. The molecule has 2 saturated heterocycles. The number of amides is 1. The third-order valence-electron chi connectivity index (χ3n) is 7.11. The summed E-state index contributed by atoms with van der Waals surface area (Å²) in [5.74, 6) is 0. The van der Waals surface area contributed by atoms with E-state index in [1.165, 1.54) is 37.7 Å². The molecule has 1 aromatic carbocycles. The van der Waals surface area contributed by atoms with Crippen LogP contribution in [0, 0.1) is 0 Å². The van der Waals surface area contributed by atoms with Crippen LogP contribution in [0.2, 0.25) is 0 Å². The van der Waals surface area contributed by atoms with Crippen LogP contribution in [-0.2, 0) is 16.6 Å². The summed E-state index contributed by atoms with van der Waals surface area (Å²) in [6.45, 7) is 8.71. The molecule has 1 amide bonds. The molecule has 0 bridgehead atoms. The van der Waals surface area contributed by atoms with E-state index in [0.29, 0.717) is 18.5 Å². The Morgan fingerprint density at radius 2 is 1.86 bits per heavy atom. The van der Waals surface area contributed by atoms with Gasteiger partial charge in [0.05, 0.1) is 12.6 Å². The molecule has 4 rings (SSSR count). The third-order valence-corrected chi connectivity index (χ3v) is 7.11. The second-order valence-corrected chi connectivity index (χ2v) is 10.2. The molecule has 1 N–H and O–H groups in total. The van der Waals surface area contributed by atoms with Gasteiger partial charge >= 0.3 is 6.09 Å². The molecule has 1 aromatic rings. The Hall–Kier alpha value is -1.59. The second kappa shape index (κ2) is 7.92. The molecule has 2 atom stereocenters. The van der Waals surface area contributed by atoms with Crippen LogP contribution in [0.5, 0.6) is 0 Å². The Morgan fingerprint density at radius 1 is 1.14 bits per heavy atom. The van der Waals surface area contributed by atoms with Gasteiger partial charge in [-0.1, -0.05) is 24.3 Å². The molecule has 29 heavy (non-hydrogen) atoms. The lowest BCUT2D eigenvalue weighted by Gasteiger charge is -2.49. The minimum atomic E-state index is -0.510. The lowest BCUT2D eigenvalue weighted by atomic mass is 9.64. The maximum atomic E-state index is 12.3. The lowest BCUT2D eigenvalue weighted by molar-refractivity contribution is -0.0387. The number of nitrogens with zero attached hydrogens (tertiary/aromatic N) is 2. The first-order chi connectivity index (χ1) is 13.8. The zero-order valence-electron chi connectivity index (χ0n) is 18.2. The summed E-state index contributed by atoms with van der Waals surface area (Å²) in [5.41, 5.74) is 2.94. The Kier molecular flexibility index (Phi) is 5.64. The number of fused-ring (bicyclic) bond motifs is 2. The summed E-state index contributed by atoms with van der Waals surface area (Å²) >= 11 is 0. The van der Waals surface area contributed by atoms with Crippen LogP contribution in [0.4, 0.5) is 4.79 Å². The summed E-state index contributed by atoms with van der Waals surface area (Å²) in [5, 5.41) is 10.8. The molecule has 5 heteroatoms. The van der Waals surface area contributed by atoms with Gasteiger partial charge in [-0.2, -0.15) is 0 Å². The van der Waals surface area contributed by atoms with Gasteiger partial charge in [0, 0.05) is 12.6 Å². The first kappa shape index (κ1) is 20.7.